The van der Waals surface area contributed by atoms with E-state index in [0.29, 0.717) is 11.3 Å². The molecule has 0 N–H and O–H groups in total. The minimum atomic E-state index is -0.479. The third kappa shape index (κ3) is 2.57. The number of methoxy groups -OCH3 is 1. The monoisotopic (exact) mass is 388 g/mol. The van der Waals surface area contributed by atoms with Crippen molar-refractivity contribution < 1.29 is 14.3 Å². The Balaban J connectivity index is 1.54. The largest absolute Gasteiger partial charge is 0.497 e. The second kappa shape index (κ2) is 6.69. The highest BCUT2D eigenvalue weighted by atomic mass is 16.5. The molecule has 0 aromatic heterocycles. The summed E-state index contributed by atoms with van der Waals surface area (Å²) < 4.78 is 5.26. The molecule has 3 aliphatic heterocycles. The van der Waals surface area contributed by atoms with Gasteiger partial charge in [-0.25, -0.2) is 14.9 Å². The number of benzene rings is 2. The molecular formula is C22H20N4O3. The molecule has 5 rings (SSSR count). The van der Waals surface area contributed by atoms with Gasteiger partial charge in [-0.15, -0.1) is 0 Å². The lowest BCUT2D eigenvalue weighted by molar-refractivity contribution is -0.126. The van der Waals surface area contributed by atoms with Crippen molar-refractivity contribution in [3.05, 3.63) is 59.7 Å². The fraction of sp³-hybridized carbons (Fsp3) is 0.318. The van der Waals surface area contributed by atoms with E-state index >= 15 is 0 Å². The molecule has 146 valence electrons. The summed E-state index contributed by atoms with van der Waals surface area (Å²) in [6, 6.07) is 15.7. The topological polar surface area (TPSA) is 76.9 Å². The fourth-order valence-electron chi connectivity index (χ4n) is 4.85. The molecule has 0 spiro atoms. The highest BCUT2D eigenvalue weighted by molar-refractivity contribution is 6.24. The van der Waals surface area contributed by atoms with Gasteiger partial charge in [-0.3, -0.25) is 9.59 Å². The molecule has 0 bridgehead atoms. The van der Waals surface area contributed by atoms with Gasteiger partial charge in [0.05, 0.1) is 36.4 Å². The Hall–Kier alpha value is -3.21. The summed E-state index contributed by atoms with van der Waals surface area (Å²) in [4.78, 5) is 28.1. The molecule has 0 radical (unpaired) electrons. The first-order chi connectivity index (χ1) is 14.1. The maximum atomic E-state index is 13.5. The van der Waals surface area contributed by atoms with Crippen LogP contribution < -0.4 is 9.64 Å². The second-order valence-corrected chi connectivity index (χ2v) is 7.54. The third-order valence-corrected chi connectivity index (χ3v) is 6.12. The lowest BCUT2D eigenvalue weighted by Crippen LogP contribution is -2.44. The Morgan fingerprint density at radius 1 is 0.931 bits per heavy atom. The second-order valence-electron chi connectivity index (χ2n) is 7.54. The van der Waals surface area contributed by atoms with E-state index in [1.165, 1.54) is 4.90 Å². The van der Waals surface area contributed by atoms with Gasteiger partial charge in [-0.2, -0.15) is 5.26 Å². The first-order valence-corrected chi connectivity index (χ1v) is 9.69. The maximum Gasteiger partial charge on any atom is 0.253 e. The standard InChI is InChI=1S/C22H20N4O3/c1-29-17-9-5-15(6-10-17)19-18-20(25-12-2-11-24(19)25)22(28)26(21(18)27)16-7-3-14(13-23)4-8-16/h3-10,18-20H,2,11-12H2,1H3/t18-,19+,20+/m0/s1. The van der Waals surface area contributed by atoms with Gasteiger partial charge in [0.25, 0.3) is 5.91 Å². The summed E-state index contributed by atoms with van der Waals surface area (Å²) >= 11 is 0. The van der Waals surface area contributed by atoms with Crippen molar-refractivity contribution in [2.45, 2.75) is 18.5 Å². The van der Waals surface area contributed by atoms with Crippen molar-refractivity contribution in [2.24, 2.45) is 5.92 Å². The lowest BCUT2D eigenvalue weighted by atomic mass is 9.90. The number of nitrogens with zero attached hydrogens (tertiary/aromatic N) is 4. The van der Waals surface area contributed by atoms with Gasteiger partial charge >= 0.3 is 0 Å². The third-order valence-electron chi connectivity index (χ3n) is 6.12. The Kier molecular flexibility index (Phi) is 4.12. The van der Waals surface area contributed by atoms with E-state index in [-0.39, 0.29) is 17.9 Å². The van der Waals surface area contributed by atoms with Gasteiger partial charge < -0.3 is 4.74 Å². The number of hydrogen-bond donors (Lipinski definition) is 0. The van der Waals surface area contributed by atoms with E-state index in [1.54, 1.807) is 31.4 Å². The minimum Gasteiger partial charge on any atom is -0.497 e. The van der Waals surface area contributed by atoms with Crippen LogP contribution in [-0.4, -0.2) is 48.1 Å². The predicted molar refractivity (Wildman–Crippen MR) is 105 cm³/mol. The summed E-state index contributed by atoms with van der Waals surface area (Å²) in [5.41, 5.74) is 2.02. The van der Waals surface area contributed by atoms with E-state index in [1.807, 2.05) is 24.3 Å². The molecule has 7 nitrogen and oxygen atoms in total. The SMILES string of the molecule is COc1ccc([C@@H]2[C@@H]3C(=O)N(c4ccc(C#N)cc4)C(=O)[C@@H]3N3CCCN23)cc1. The number of hydrazine groups is 1. The quantitative estimate of drug-likeness (QED) is 0.750. The lowest BCUT2D eigenvalue weighted by Gasteiger charge is -2.29. The van der Waals surface area contributed by atoms with Crippen molar-refractivity contribution in [1.82, 2.24) is 10.0 Å². The van der Waals surface area contributed by atoms with E-state index in [2.05, 4.69) is 16.1 Å². The van der Waals surface area contributed by atoms with Crippen LogP contribution in [0.5, 0.6) is 5.75 Å². The van der Waals surface area contributed by atoms with Crippen molar-refractivity contribution in [3.63, 3.8) is 0 Å². The Morgan fingerprint density at radius 3 is 2.21 bits per heavy atom. The van der Waals surface area contributed by atoms with Gasteiger partial charge in [0.2, 0.25) is 5.91 Å². The molecule has 0 aliphatic carbocycles. The average molecular weight is 388 g/mol. The summed E-state index contributed by atoms with van der Waals surface area (Å²) in [5, 5.41) is 13.3. The highest BCUT2D eigenvalue weighted by Gasteiger charge is 2.62. The minimum absolute atomic E-state index is 0.173. The smallest absolute Gasteiger partial charge is 0.253 e. The van der Waals surface area contributed by atoms with Crippen molar-refractivity contribution >= 4 is 17.5 Å². The number of nitriles is 1. The van der Waals surface area contributed by atoms with Crippen LogP contribution in [0.25, 0.3) is 0 Å². The number of anilines is 1. The first kappa shape index (κ1) is 17.9. The Morgan fingerprint density at radius 2 is 1.59 bits per heavy atom. The van der Waals surface area contributed by atoms with Crippen LogP contribution in [-0.2, 0) is 9.59 Å². The molecule has 3 heterocycles. The average Bonchev–Trinajstić information content (AvgIpc) is 3.40. The Labute approximate surface area is 168 Å². The summed E-state index contributed by atoms with van der Waals surface area (Å²) in [7, 11) is 1.62. The van der Waals surface area contributed by atoms with E-state index in [0.717, 1.165) is 30.8 Å². The van der Waals surface area contributed by atoms with E-state index in [4.69, 9.17) is 10.00 Å². The number of imide groups is 1. The van der Waals surface area contributed by atoms with Crippen LogP contribution in [0.4, 0.5) is 5.69 Å². The number of amides is 2. The van der Waals surface area contributed by atoms with Crippen LogP contribution in [0.1, 0.15) is 23.6 Å². The zero-order chi connectivity index (χ0) is 20.1. The fourth-order valence-corrected chi connectivity index (χ4v) is 4.85. The zero-order valence-corrected chi connectivity index (χ0v) is 16.0. The van der Waals surface area contributed by atoms with Gasteiger partial charge in [0, 0.05) is 13.1 Å². The highest BCUT2D eigenvalue weighted by Crippen LogP contribution is 2.49. The van der Waals surface area contributed by atoms with E-state index in [9.17, 15) is 9.59 Å². The zero-order valence-electron chi connectivity index (χ0n) is 16.0. The Bertz CT molecular complexity index is 1010. The normalized spacial score (nSPS) is 26.5. The number of carbonyl (C=O) groups excluding carboxylic acids is 2. The first-order valence-electron chi connectivity index (χ1n) is 9.69. The number of fused-ring (bicyclic) bond motifs is 3. The van der Waals surface area contributed by atoms with Crippen LogP contribution in [0.3, 0.4) is 0 Å². The predicted octanol–water partition coefficient (Wildman–Crippen LogP) is 2.10. The van der Waals surface area contributed by atoms with Crippen LogP contribution in [0, 0.1) is 17.2 Å². The maximum absolute atomic E-state index is 13.5. The molecular weight excluding hydrogens is 368 g/mol. The molecule has 3 fully saturated rings. The van der Waals surface area contributed by atoms with Gasteiger partial charge in [0.1, 0.15) is 11.8 Å². The molecule has 2 amide bonds. The molecule has 29 heavy (non-hydrogen) atoms. The van der Waals surface area contributed by atoms with Crippen molar-refractivity contribution in [1.29, 1.82) is 5.26 Å². The molecule has 0 saturated carbocycles. The molecule has 3 atom stereocenters. The number of ether oxygens (including phenoxy) is 1. The molecule has 3 aliphatic rings. The van der Waals surface area contributed by atoms with Gasteiger partial charge in [0.15, 0.2) is 0 Å². The van der Waals surface area contributed by atoms with E-state index < -0.39 is 12.0 Å². The number of carbonyl (C=O) groups is 2. The summed E-state index contributed by atoms with van der Waals surface area (Å²) in [6.45, 7) is 1.61. The van der Waals surface area contributed by atoms with Crippen LogP contribution in [0.15, 0.2) is 48.5 Å². The number of rotatable bonds is 3. The number of hydrogen-bond acceptors (Lipinski definition) is 6. The summed E-state index contributed by atoms with van der Waals surface area (Å²) in [6.07, 6.45) is 0.966. The molecule has 7 heteroatoms. The van der Waals surface area contributed by atoms with Crippen molar-refractivity contribution in [3.8, 4) is 11.8 Å². The van der Waals surface area contributed by atoms with Gasteiger partial charge in [-0.1, -0.05) is 12.1 Å². The van der Waals surface area contributed by atoms with Gasteiger partial charge in [-0.05, 0) is 48.4 Å². The van der Waals surface area contributed by atoms with Crippen molar-refractivity contribution in [2.75, 3.05) is 25.1 Å². The molecule has 2 aromatic carbocycles. The van der Waals surface area contributed by atoms with Crippen LogP contribution in [0.2, 0.25) is 0 Å². The molecule has 0 unspecified atom stereocenters. The van der Waals surface area contributed by atoms with Crippen LogP contribution >= 0.6 is 0 Å². The summed E-state index contributed by atoms with van der Waals surface area (Å²) in [5.74, 6) is -0.0611. The molecule has 2 aromatic rings. The molecule has 3 saturated heterocycles.